The zero-order chi connectivity index (χ0) is 32.4. The smallest absolute Gasteiger partial charge is 0.306 e. The van der Waals surface area contributed by atoms with Gasteiger partial charge in [0.2, 0.25) is 0 Å². The number of aliphatic hydroxyl groups is 2. The van der Waals surface area contributed by atoms with Crippen LogP contribution >= 0.6 is 0 Å². The van der Waals surface area contributed by atoms with E-state index in [4.69, 9.17) is 9.84 Å². The summed E-state index contributed by atoms with van der Waals surface area (Å²) in [4.78, 5) is 25.4. The van der Waals surface area contributed by atoms with Gasteiger partial charge < -0.3 is 14.9 Å². The molecule has 0 saturated heterocycles. The van der Waals surface area contributed by atoms with Gasteiger partial charge >= 0.3 is 5.97 Å². The van der Waals surface area contributed by atoms with E-state index in [0.717, 1.165) is 44.9 Å². The first-order valence-corrected chi connectivity index (χ1v) is 18.8. The Morgan fingerprint density at radius 1 is 0.614 bits per heavy atom. The van der Waals surface area contributed by atoms with Gasteiger partial charge in [-0.05, 0) is 44.9 Å². The Morgan fingerprint density at radius 3 is 1.59 bits per heavy atom. The van der Waals surface area contributed by atoms with Gasteiger partial charge in [-0.25, -0.2) is 0 Å². The topological polar surface area (TPSA) is 83.8 Å². The first kappa shape index (κ1) is 42.5. The van der Waals surface area contributed by atoms with Gasteiger partial charge in [-0.3, -0.25) is 9.59 Å². The number of ketones is 1. The molecular formula is C39H72O5. The number of aliphatic hydroxyl groups excluding tert-OH is 2. The van der Waals surface area contributed by atoms with E-state index in [9.17, 15) is 14.7 Å². The van der Waals surface area contributed by atoms with Crippen LogP contribution in [0.25, 0.3) is 0 Å². The molecule has 0 aromatic rings. The highest BCUT2D eigenvalue weighted by Gasteiger charge is 2.22. The molecule has 5 nitrogen and oxygen atoms in total. The van der Waals surface area contributed by atoms with Crippen LogP contribution in [0.4, 0.5) is 0 Å². The fourth-order valence-electron chi connectivity index (χ4n) is 5.60. The minimum absolute atomic E-state index is 0.0697. The number of unbranched alkanes of at least 4 members (excludes halogenated alkanes) is 20. The normalized spacial score (nSPS) is 13.2. The van der Waals surface area contributed by atoms with Gasteiger partial charge in [-0.1, -0.05) is 154 Å². The molecule has 2 atom stereocenters. The number of allylic oxidation sites excluding steroid dienone is 4. The summed E-state index contributed by atoms with van der Waals surface area (Å²) >= 11 is 0. The van der Waals surface area contributed by atoms with E-state index >= 15 is 0 Å². The monoisotopic (exact) mass is 621 g/mol. The molecule has 2 unspecified atom stereocenters. The number of carbonyl (C=O) groups excluding carboxylic acids is 2. The number of hydrogen-bond acceptors (Lipinski definition) is 5. The lowest BCUT2D eigenvalue weighted by Crippen LogP contribution is -2.25. The molecule has 0 radical (unpaired) electrons. The molecule has 0 amide bonds. The quantitative estimate of drug-likeness (QED) is 0.0425. The molecule has 0 bridgehead atoms. The zero-order valence-electron chi connectivity index (χ0n) is 29.1. The average molecular weight is 621 g/mol. The Kier molecular flexibility index (Phi) is 33.3. The third-order valence-corrected chi connectivity index (χ3v) is 8.55. The molecular weight excluding hydrogens is 548 g/mol. The van der Waals surface area contributed by atoms with Gasteiger partial charge in [-0.2, -0.15) is 0 Å². The summed E-state index contributed by atoms with van der Waals surface area (Å²) in [5, 5.41) is 18.4. The lowest BCUT2D eigenvalue weighted by molar-refractivity contribution is -0.150. The molecule has 0 aromatic carbocycles. The second kappa shape index (κ2) is 34.4. The van der Waals surface area contributed by atoms with Crippen molar-refractivity contribution < 1.29 is 24.5 Å². The lowest BCUT2D eigenvalue weighted by Gasteiger charge is -2.16. The molecule has 0 spiro atoms. The fourth-order valence-corrected chi connectivity index (χ4v) is 5.60. The van der Waals surface area contributed by atoms with E-state index in [1.807, 2.05) is 0 Å². The predicted molar refractivity (Wildman–Crippen MR) is 187 cm³/mol. The van der Waals surface area contributed by atoms with E-state index in [2.05, 4.69) is 38.2 Å². The van der Waals surface area contributed by atoms with Crippen LogP contribution < -0.4 is 0 Å². The van der Waals surface area contributed by atoms with E-state index < -0.39 is 18.7 Å². The minimum atomic E-state index is -1.07. The summed E-state index contributed by atoms with van der Waals surface area (Å²) in [6.45, 7) is 3.83. The molecule has 5 heteroatoms. The largest absolute Gasteiger partial charge is 0.463 e. The number of rotatable bonds is 34. The van der Waals surface area contributed by atoms with Gasteiger partial charge in [0, 0.05) is 12.3 Å². The van der Waals surface area contributed by atoms with Crippen LogP contribution in [0, 0.1) is 5.92 Å². The zero-order valence-corrected chi connectivity index (χ0v) is 29.1. The molecule has 0 rings (SSSR count). The maximum Gasteiger partial charge on any atom is 0.306 e. The Labute approximate surface area is 272 Å². The molecule has 44 heavy (non-hydrogen) atoms. The molecule has 0 heterocycles. The fraction of sp³-hybridized carbons (Fsp3) is 0.846. The molecule has 0 aromatic heterocycles. The summed E-state index contributed by atoms with van der Waals surface area (Å²) in [5.41, 5.74) is 0. The van der Waals surface area contributed by atoms with Crippen molar-refractivity contribution in [1.82, 2.24) is 0 Å². The Hall–Kier alpha value is -1.46. The van der Waals surface area contributed by atoms with Gasteiger partial charge in [-0.15, -0.1) is 0 Å². The van der Waals surface area contributed by atoms with Gasteiger partial charge in [0.15, 0.2) is 0 Å². The van der Waals surface area contributed by atoms with E-state index in [0.29, 0.717) is 12.8 Å². The van der Waals surface area contributed by atoms with Crippen LogP contribution in [0.1, 0.15) is 187 Å². The Balaban J connectivity index is 4.15. The highest BCUT2D eigenvalue weighted by Crippen LogP contribution is 2.21. The van der Waals surface area contributed by atoms with Crippen LogP contribution in [0.15, 0.2) is 24.3 Å². The second-order valence-electron chi connectivity index (χ2n) is 12.9. The van der Waals surface area contributed by atoms with Gasteiger partial charge in [0.25, 0.3) is 0 Å². The lowest BCUT2D eigenvalue weighted by atomic mass is 9.90. The number of hydrogen-bond donors (Lipinski definition) is 2. The molecule has 258 valence electrons. The average Bonchev–Trinajstić information content (AvgIpc) is 3.03. The van der Waals surface area contributed by atoms with E-state index in [-0.39, 0.29) is 24.7 Å². The first-order valence-electron chi connectivity index (χ1n) is 18.8. The third kappa shape index (κ3) is 30.6. The number of ether oxygens (including phenoxy) is 1. The predicted octanol–water partition coefficient (Wildman–Crippen LogP) is 10.8. The van der Waals surface area contributed by atoms with E-state index in [1.165, 1.54) is 109 Å². The van der Waals surface area contributed by atoms with Crippen molar-refractivity contribution in [1.29, 1.82) is 0 Å². The standard InChI is InChI=1S/C39H72O5/c1-3-5-7-9-11-13-15-17-18-20-22-24-26-28-30-32-38(42)36(33-39(43)44-35-37(41)34-40)31-29-27-25-23-21-19-16-14-12-10-8-6-4-2/h12,14,19,21,36-37,40-41H,3-11,13,15-18,20,22-35H2,1-2H3. The van der Waals surface area contributed by atoms with Gasteiger partial charge in [0.1, 0.15) is 18.5 Å². The van der Waals surface area contributed by atoms with E-state index in [1.54, 1.807) is 0 Å². The summed E-state index contributed by atoms with van der Waals surface area (Å²) in [5.74, 6) is -0.600. The molecule has 0 aliphatic heterocycles. The molecule has 0 fully saturated rings. The van der Waals surface area contributed by atoms with Crippen molar-refractivity contribution in [2.75, 3.05) is 13.2 Å². The van der Waals surface area contributed by atoms with Crippen LogP contribution in [0.3, 0.4) is 0 Å². The Bertz CT molecular complexity index is 686. The summed E-state index contributed by atoms with van der Waals surface area (Å²) in [6.07, 6.45) is 38.8. The molecule has 0 saturated carbocycles. The SMILES string of the molecule is CCCCCC=CCC=CCCCCCC(CC(=O)OCC(O)CO)C(=O)CCCCCCCCCCCCCCCCC. The Morgan fingerprint density at radius 2 is 1.07 bits per heavy atom. The van der Waals surface area contributed by atoms with Crippen molar-refractivity contribution >= 4 is 11.8 Å². The maximum atomic E-state index is 13.0. The minimum Gasteiger partial charge on any atom is -0.463 e. The molecule has 0 aliphatic carbocycles. The number of esters is 1. The summed E-state index contributed by atoms with van der Waals surface area (Å²) in [7, 11) is 0. The first-order chi connectivity index (χ1) is 21.5. The van der Waals surface area contributed by atoms with Crippen molar-refractivity contribution in [2.24, 2.45) is 5.92 Å². The van der Waals surface area contributed by atoms with Crippen molar-refractivity contribution in [2.45, 2.75) is 193 Å². The molecule has 2 N–H and O–H groups in total. The van der Waals surface area contributed by atoms with Crippen LogP contribution in [-0.2, 0) is 14.3 Å². The van der Waals surface area contributed by atoms with Crippen LogP contribution in [0.5, 0.6) is 0 Å². The van der Waals surface area contributed by atoms with Crippen molar-refractivity contribution in [3.63, 3.8) is 0 Å². The van der Waals surface area contributed by atoms with Crippen LogP contribution in [0.2, 0.25) is 0 Å². The highest BCUT2D eigenvalue weighted by atomic mass is 16.5. The van der Waals surface area contributed by atoms with Crippen LogP contribution in [-0.4, -0.2) is 41.3 Å². The highest BCUT2D eigenvalue weighted by molar-refractivity contribution is 5.85. The number of carbonyl (C=O) groups is 2. The third-order valence-electron chi connectivity index (χ3n) is 8.55. The van der Waals surface area contributed by atoms with Crippen molar-refractivity contribution in [3.8, 4) is 0 Å². The number of Topliss-reactive ketones (excluding diaryl/α,β-unsaturated/α-hetero) is 1. The summed E-state index contributed by atoms with van der Waals surface area (Å²) < 4.78 is 5.11. The molecule has 0 aliphatic rings. The second-order valence-corrected chi connectivity index (χ2v) is 12.9. The van der Waals surface area contributed by atoms with Crippen molar-refractivity contribution in [3.05, 3.63) is 24.3 Å². The maximum absolute atomic E-state index is 13.0. The summed E-state index contributed by atoms with van der Waals surface area (Å²) in [6, 6.07) is 0. The van der Waals surface area contributed by atoms with Gasteiger partial charge in [0.05, 0.1) is 13.0 Å².